The second-order valence-electron chi connectivity index (χ2n) is 8.90. The van der Waals surface area contributed by atoms with Crippen molar-refractivity contribution in [2.75, 3.05) is 13.9 Å². The number of fused-ring (bicyclic) bond motifs is 2. The Balaban J connectivity index is 1.63. The molecule has 0 bridgehead atoms. The molecule has 38 heavy (non-hydrogen) atoms. The lowest BCUT2D eigenvalue weighted by Gasteiger charge is -2.18. The van der Waals surface area contributed by atoms with Crippen LogP contribution in [-0.2, 0) is 21.9 Å². The van der Waals surface area contributed by atoms with Gasteiger partial charge in [-0.1, -0.05) is 18.2 Å². The van der Waals surface area contributed by atoms with E-state index < -0.39 is 27.8 Å². The molecule has 0 unspecified atom stereocenters. The van der Waals surface area contributed by atoms with Gasteiger partial charge in [0.05, 0.1) is 18.6 Å². The van der Waals surface area contributed by atoms with E-state index in [1.165, 1.54) is 25.3 Å². The molecule has 1 atom stereocenters. The number of nitrogens with one attached hydrogen (secondary N) is 1. The summed E-state index contributed by atoms with van der Waals surface area (Å²) in [5.74, 6) is -1.93. The number of aryl methyl sites for hydroxylation is 2. The van der Waals surface area contributed by atoms with Crippen LogP contribution < -0.4 is 18.9 Å². The van der Waals surface area contributed by atoms with Crippen LogP contribution in [0.5, 0.6) is 17.2 Å². The molecule has 196 valence electrons. The Kier molecular flexibility index (Phi) is 6.23. The molecule has 0 saturated heterocycles. The van der Waals surface area contributed by atoms with Crippen LogP contribution in [0, 0.1) is 6.92 Å². The zero-order valence-electron chi connectivity index (χ0n) is 20.7. The van der Waals surface area contributed by atoms with Gasteiger partial charge in [-0.3, -0.25) is 4.79 Å². The van der Waals surface area contributed by atoms with Gasteiger partial charge in [-0.25, -0.2) is 17.9 Å². The van der Waals surface area contributed by atoms with E-state index in [4.69, 9.17) is 14.2 Å². The zero-order chi connectivity index (χ0) is 27.2. The normalized spacial score (nSPS) is 13.3. The molecule has 1 aliphatic heterocycles. The number of nitrogens with zero attached hydrogens (tertiary/aromatic N) is 1. The summed E-state index contributed by atoms with van der Waals surface area (Å²) in [5, 5.41) is 10.0. The van der Waals surface area contributed by atoms with Gasteiger partial charge in [-0.05, 0) is 60.0 Å². The van der Waals surface area contributed by atoms with Crippen LogP contribution in [0.15, 0.2) is 65.7 Å². The van der Waals surface area contributed by atoms with Crippen LogP contribution >= 0.6 is 0 Å². The molecule has 3 aromatic carbocycles. The Morgan fingerprint density at radius 1 is 1.05 bits per heavy atom. The maximum absolute atomic E-state index is 13.8. The van der Waals surface area contributed by atoms with Gasteiger partial charge in [0.2, 0.25) is 12.7 Å². The molecule has 1 amide bonds. The number of benzene rings is 3. The van der Waals surface area contributed by atoms with Crippen LogP contribution in [0.1, 0.15) is 33.0 Å². The van der Waals surface area contributed by atoms with Gasteiger partial charge in [0.1, 0.15) is 10.6 Å². The number of carbonyl (C=O) groups is 2. The number of carboxylic acids is 1. The number of ether oxygens (including phenoxy) is 3. The third kappa shape index (κ3) is 4.41. The molecule has 0 radical (unpaired) electrons. The number of carbonyl (C=O) groups excluding carboxylic acids is 1. The van der Waals surface area contributed by atoms with E-state index in [2.05, 4.69) is 4.72 Å². The van der Waals surface area contributed by atoms with Crippen molar-refractivity contribution in [3.8, 4) is 17.2 Å². The fraction of sp³-hybridized carbons (Fsp3) is 0.185. The Morgan fingerprint density at radius 2 is 1.82 bits per heavy atom. The third-order valence-corrected chi connectivity index (χ3v) is 7.80. The predicted molar refractivity (Wildman–Crippen MR) is 137 cm³/mol. The van der Waals surface area contributed by atoms with E-state index in [0.717, 1.165) is 5.56 Å². The van der Waals surface area contributed by atoms with Crippen molar-refractivity contribution < 1.29 is 37.3 Å². The average molecular weight is 537 g/mol. The van der Waals surface area contributed by atoms with E-state index in [-0.39, 0.29) is 23.0 Å². The topological polar surface area (TPSA) is 133 Å². The van der Waals surface area contributed by atoms with Crippen molar-refractivity contribution in [1.82, 2.24) is 9.29 Å². The van der Waals surface area contributed by atoms with Gasteiger partial charge >= 0.3 is 5.97 Å². The van der Waals surface area contributed by atoms with Gasteiger partial charge in [-0.15, -0.1) is 0 Å². The number of hydrogen-bond donors (Lipinski definition) is 2. The highest BCUT2D eigenvalue weighted by molar-refractivity contribution is 7.90. The minimum atomic E-state index is -4.32. The lowest BCUT2D eigenvalue weighted by Crippen LogP contribution is -2.35. The van der Waals surface area contributed by atoms with Crippen LogP contribution in [0.25, 0.3) is 10.9 Å². The number of aromatic carboxylic acids is 1. The fourth-order valence-corrected chi connectivity index (χ4v) is 5.73. The highest BCUT2D eigenvalue weighted by atomic mass is 32.2. The molecule has 0 fully saturated rings. The predicted octanol–water partition coefficient (Wildman–Crippen LogP) is 3.56. The van der Waals surface area contributed by atoms with Gasteiger partial charge in [-0.2, -0.15) is 0 Å². The van der Waals surface area contributed by atoms with E-state index in [1.54, 1.807) is 61.1 Å². The molecule has 10 nitrogen and oxygen atoms in total. The Bertz CT molecular complexity index is 1710. The molecule has 0 saturated carbocycles. The lowest BCUT2D eigenvalue weighted by atomic mass is 9.90. The second-order valence-corrected chi connectivity index (χ2v) is 10.6. The molecule has 1 aliphatic rings. The summed E-state index contributed by atoms with van der Waals surface area (Å²) >= 11 is 0. The first-order chi connectivity index (χ1) is 18.1. The van der Waals surface area contributed by atoms with Gasteiger partial charge in [0.15, 0.2) is 11.5 Å². The minimum absolute atomic E-state index is 0.0312. The smallest absolute Gasteiger partial charge is 0.335 e. The average Bonchev–Trinajstić information content (AvgIpc) is 3.47. The van der Waals surface area contributed by atoms with Crippen LogP contribution in [0.2, 0.25) is 0 Å². The Hall–Kier alpha value is -4.51. The summed E-state index contributed by atoms with van der Waals surface area (Å²) in [4.78, 5) is 25.2. The number of hydrogen-bond acceptors (Lipinski definition) is 7. The number of rotatable bonds is 7. The number of carboxylic acid groups (broad SMARTS) is 1. The maximum Gasteiger partial charge on any atom is 0.335 e. The minimum Gasteiger partial charge on any atom is -0.495 e. The molecule has 1 aromatic heterocycles. The number of sulfonamides is 1. The van der Waals surface area contributed by atoms with Crippen molar-refractivity contribution in [1.29, 1.82) is 0 Å². The zero-order valence-corrected chi connectivity index (χ0v) is 21.5. The van der Waals surface area contributed by atoms with Gasteiger partial charge in [0, 0.05) is 24.1 Å². The summed E-state index contributed by atoms with van der Waals surface area (Å²) in [5.41, 5.74) is 2.40. The lowest BCUT2D eigenvalue weighted by molar-refractivity contribution is -0.119. The summed E-state index contributed by atoms with van der Waals surface area (Å²) in [6.07, 6.45) is 1.68. The monoisotopic (exact) mass is 536 g/mol. The second kappa shape index (κ2) is 9.42. The Morgan fingerprint density at radius 3 is 2.55 bits per heavy atom. The quantitative estimate of drug-likeness (QED) is 0.366. The van der Waals surface area contributed by atoms with Crippen LogP contribution in [0.3, 0.4) is 0 Å². The van der Waals surface area contributed by atoms with E-state index in [1.807, 2.05) is 0 Å². The van der Waals surface area contributed by atoms with E-state index in [9.17, 15) is 23.1 Å². The van der Waals surface area contributed by atoms with Gasteiger partial charge < -0.3 is 23.9 Å². The van der Waals surface area contributed by atoms with E-state index in [0.29, 0.717) is 33.5 Å². The summed E-state index contributed by atoms with van der Waals surface area (Å²) in [7, 11) is -1.25. The van der Waals surface area contributed by atoms with Crippen molar-refractivity contribution in [2.24, 2.45) is 7.05 Å². The summed E-state index contributed by atoms with van der Waals surface area (Å²) in [6.45, 7) is 1.83. The Labute approximate surface area is 218 Å². The van der Waals surface area contributed by atoms with Crippen molar-refractivity contribution in [3.63, 3.8) is 0 Å². The molecule has 11 heteroatoms. The first-order valence-electron chi connectivity index (χ1n) is 11.5. The largest absolute Gasteiger partial charge is 0.495 e. The van der Waals surface area contributed by atoms with Crippen LogP contribution in [0.4, 0.5) is 0 Å². The molecular formula is C27H24N2O8S. The fourth-order valence-electron chi connectivity index (χ4n) is 4.59. The third-order valence-electron chi connectivity index (χ3n) is 6.42. The number of amides is 1. The number of aromatic nitrogens is 1. The first-order valence-corrected chi connectivity index (χ1v) is 13.0. The number of methoxy groups -OCH3 is 1. The molecule has 2 heterocycles. The van der Waals surface area contributed by atoms with Crippen LogP contribution in [-0.4, -0.2) is 43.9 Å². The summed E-state index contributed by atoms with van der Waals surface area (Å²) < 4.78 is 46.7. The SMILES string of the molecule is COc1cc(C)ccc1S(=O)(=O)NC(=O)[C@@H](c1ccc2c(c1)OCO2)c1cn(C)c2cc(C(=O)O)ccc12. The maximum atomic E-state index is 13.8. The standard InChI is InChI=1S/C27H24N2O8S/c1-15-4-9-24(23(10-15)35-3)38(33,34)28-26(30)25(16-6-8-21-22(12-16)37-14-36-21)19-13-29(2)20-11-17(27(31)32)5-7-18(19)20/h4-13,25H,14H2,1-3H3,(H,28,30)(H,31,32)/t25-/m0/s1. The molecule has 5 rings (SSSR count). The molecule has 0 spiro atoms. The van der Waals surface area contributed by atoms with E-state index >= 15 is 0 Å². The van der Waals surface area contributed by atoms with Crippen molar-refractivity contribution in [3.05, 3.63) is 83.0 Å². The molecular weight excluding hydrogens is 512 g/mol. The molecule has 2 N–H and O–H groups in total. The van der Waals surface area contributed by atoms with Gasteiger partial charge in [0.25, 0.3) is 10.0 Å². The molecule has 0 aliphatic carbocycles. The summed E-state index contributed by atoms with van der Waals surface area (Å²) in [6, 6.07) is 14.1. The highest BCUT2D eigenvalue weighted by Gasteiger charge is 2.32. The highest BCUT2D eigenvalue weighted by Crippen LogP contribution is 2.39. The van der Waals surface area contributed by atoms with Crippen molar-refractivity contribution in [2.45, 2.75) is 17.7 Å². The van der Waals surface area contributed by atoms with Crippen molar-refractivity contribution >= 4 is 32.8 Å². The first kappa shape index (κ1) is 25.2. The molecule has 4 aromatic rings.